The molecule has 146 valence electrons. The molecule has 3 N–H and O–H groups in total. The first-order valence-electron chi connectivity index (χ1n) is 9.28. The second-order valence-electron chi connectivity index (χ2n) is 6.68. The molecule has 28 heavy (non-hydrogen) atoms. The summed E-state index contributed by atoms with van der Waals surface area (Å²) in [5, 5.41) is 2.89. The van der Waals surface area contributed by atoms with Crippen LogP contribution in [0.25, 0.3) is 11.7 Å². The fraction of sp³-hybridized carbons (Fsp3) is 0.273. The molecule has 3 aromatic rings. The van der Waals surface area contributed by atoms with Gasteiger partial charge in [0.1, 0.15) is 0 Å². The molecular weight excluding hydrogens is 352 g/mol. The predicted molar refractivity (Wildman–Crippen MR) is 112 cm³/mol. The summed E-state index contributed by atoms with van der Waals surface area (Å²) in [6.07, 6.45) is 6.41. The monoisotopic (exact) mass is 378 g/mol. The number of carbonyl (C=O) groups is 1. The summed E-state index contributed by atoms with van der Waals surface area (Å²) in [5.41, 5.74) is 12.0. The number of hydrogen-bond acceptors (Lipinski definition) is 4. The van der Waals surface area contributed by atoms with Crippen LogP contribution in [0.5, 0.6) is 0 Å². The highest BCUT2D eigenvalue weighted by Gasteiger charge is 2.19. The first kappa shape index (κ1) is 19.6. The molecule has 0 radical (unpaired) electrons. The Bertz CT molecular complexity index is 1010. The molecule has 0 saturated heterocycles. The number of aryl methyl sites for hydroxylation is 2. The average molecular weight is 378 g/mol. The fourth-order valence-corrected chi connectivity index (χ4v) is 3.12. The maximum absolute atomic E-state index is 12.8. The summed E-state index contributed by atoms with van der Waals surface area (Å²) in [6.45, 7) is 4.80. The third kappa shape index (κ3) is 4.07. The number of hydrogen-bond donors (Lipinski definition) is 2. The molecule has 6 heteroatoms. The molecule has 0 unspecified atom stereocenters. The van der Waals surface area contributed by atoms with Gasteiger partial charge in [0.05, 0.1) is 23.6 Å². The Labute approximate surface area is 165 Å². The number of rotatable bonds is 7. The van der Waals surface area contributed by atoms with Crippen LogP contribution in [-0.4, -0.2) is 35.6 Å². The van der Waals surface area contributed by atoms with E-state index >= 15 is 0 Å². The summed E-state index contributed by atoms with van der Waals surface area (Å²) in [4.78, 5) is 17.4. The first-order valence-corrected chi connectivity index (χ1v) is 9.28. The van der Waals surface area contributed by atoms with Gasteiger partial charge in [-0.05, 0) is 31.4 Å². The summed E-state index contributed by atoms with van der Waals surface area (Å²) in [5.74, 6) is -0.167. The Morgan fingerprint density at radius 3 is 2.75 bits per heavy atom. The van der Waals surface area contributed by atoms with E-state index in [-0.39, 0.29) is 5.91 Å². The molecule has 2 heterocycles. The third-order valence-corrected chi connectivity index (χ3v) is 4.80. The molecule has 2 aromatic heterocycles. The summed E-state index contributed by atoms with van der Waals surface area (Å²) in [6, 6.07) is 10.0. The summed E-state index contributed by atoms with van der Waals surface area (Å²) in [7, 11) is 1.60. The third-order valence-electron chi connectivity index (χ3n) is 4.80. The summed E-state index contributed by atoms with van der Waals surface area (Å²) >= 11 is 0. The number of nitrogens with two attached hydrogens (primary N) is 1. The molecule has 0 fully saturated rings. The fourth-order valence-electron chi connectivity index (χ4n) is 3.12. The maximum Gasteiger partial charge on any atom is 0.253 e. The molecule has 6 nitrogen and oxygen atoms in total. The van der Waals surface area contributed by atoms with E-state index in [1.54, 1.807) is 7.11 Å². The maximum atomic E-state index is 12.8. The van der Waals surface area contributed by atoms with Crippen molar-refractivity contribution < 1.29 is 9.53 Å². The molecule has 0 spiro atoms. The normalized spacial score (nSPS) is 11.4. The van der Waals surface area contributed by atoms with Crippen LogP contribution in [0.2, 0.25) is 0 Å². The Hall–Kier alpha value is -3.12. The van der Waals surface area contributed by atoms with Gasteiger partial charge in [-0.1, -0.05) is 42.5 Å². The topological polar surface area (TPSA) is 81.6 Å². The number of imidazole rings is 1. The lowest BCUT2D eigenvalue weighted by Crippen LogP contribution is -2.28. The molecule has 0 aliphatic carbocycles. The number of nitrogen functional groups attached to an aromatic ring is 1. The lowest BCUT2D eigenvalue weighted by Gasteiger charge is -2.13. The van der Waals surface area contributed by atoms with Gasteiger partial charge in [0.2, 0.25) is 0 Å². The SMILES string of the molecule is COCCNC(=O)c1cn2c(C)c(C)nc2c(N)c1C/C=C/c1ccccc1. The largest absolute Gasteiger partial charge is 0.395 e. The van der Waals surface area contributed by atoms with Gasteiger partial charge in [-0.2, -0.15) is 0 Å². The number of amides is 1. The number of allylic oxidation sites excluding steroid dienone is 1. The van der Waals surface area contributed by atoms with E-state index in [4.69, 9.17) is 10.5 Å². The van der Waals surface area contributed by atoms with Crippen molar-refractivity contribution in [1.29, 1.82) is 0 Å². The van der Waals surface area contributed by atoms with Gasteiger partial charge in [0.25, 0.3) is 5.91 Å². The van der Waals surface area contributed by atoms with Crippen LogP contribution in [0.15, 0.2) is 42.6 Å². The predicted octanol–water partition coefficient (Wildman–Crippen LogP) is 3.17. The number of anilines is 1. The number of nitrogens with zero attached hydrogens (tertiary/aromatic N) is 2. The van der Waals surface area contributed by atoms with Crippen LogP contribution in [0.1, 0.15) is 32.9 Å². The molecule has 0 atom stereocenters. The van der Waals surface area contributed by atoms with Crippen LogP contribution in [0.4, 0.5) is 5.69 Å². The van der Waals surface area contributed by atoms with E-state index in [0.29, 0.717) is 36.5 Å². The molecular formula is C22H26N4O2. The average Bonchev–Trinajstić information content (AvgIpc) is 2.99. The number of pyridine rings is 1. The van der Waals surface area contributed by atoms with E-state index < -0.39 is 0 Å². The Kier molecular flexibility index (Phi) is 6.11. The lowest BCUT2D eigenvalue weighted by molar-refractivity contribution is 0.0936. The van der Waals surface area contributed by atoms with Crippen LogP contribution >= 0.6 is 0 Å². The zero-order chi connectivity index (χ0) is 20.1. The number of nitrogens with one attached hydrogen (secondary N) is 1. The van der Waals surface area contributed by atoms with Crippen molar-refractivity contribution in [2.45, 2.75) is 20.3 Å². The van der Waals surface area contributed by atoms with Gasteiger partial charge in [-0.25, -0.2) is 4.98 Å². The van der Waals surface area contributed by atoms with Crippen LogP contribution in [0, 0.1) is 13.8 Å². The standard InChI is InChI=1S/C22H26N4O2/c1-15-16(2)26-14-19(22(27)24-12-13-28-3)18(20(23)21(26)25-15)11-7-10-17-8-5-4-6-9-17/h4-10,14H,11-13,23H2,1-3H3,(H,24,27)/b10-7+. The van der Waals surface area contributed by atoms with Gasteiger partial charge < -0.3 is 20.2 Å². The van der Waals surface area contributed by atoms with Crippen molar-refractivity contribution in [2.75, 3.05) is 26.0 Å². The van der Waals surface area contributed by atoms with Crippen LogP contribution in [-0.2, 0) is 11.2 Å². The summed E-state index contributed by atoms with van der Waals surface area (Å²) < 4.78 is 6.91. The minimum Gasteiger partial charge on any atom is -0.395 e. The minimum atomic E-state index is -0.167. The number of carbonyl (C=O) groups excluding carboxylic acids is 1. The molecule has 0 saturated carbocycles. The number of methoxy groups -OCH3 is 1. The Morgan fingerprint density at radius 1 is 1.29 bits per heavy atom. The molecule has 1 amide bonds. The smallest absolute Gasteiger partial charge is 0.253 e. The first-order chi connectivity index (χ1) is 13.5. The van der Waals surface area contributed by atoms with Crippen molar-refractivity contribution in [1.82, 2.24) is 14.7 Å². The van der Waals surface area contributed by atoms with Gasteiger partial charge in [-0.3, -0.25) is 4.79 Å². The van der Waals surface area contributed by atoms with E-state index in [1.165, 1.54) is 0 Å². The van der Waals surface area contributed by atoms with Gasteiger partial charge in [-0.15, -0.1) is 0 Å². The van der Waals surface area contributed by atoms with E-state index in [1.807, 2.05) is 66.9 Å². The minimum absolute atomic E-state index is 0.167. The molecule has 0 aliphatic heterocycles. The highest BCUT2D eigenvalue weighted by Crippen LogP contribution is 2.26. The second-order valence-corrected chi connectivity index (χ2v) is 6.68. The molecule has 1 aromatic carbocycles. The highest BCUT2D eigenvalue weighted by atomic mass is 16.5. The zero-order valence-corrected chi connectivity index (χ0v) is 16.5. The number of aromatic nitrogens is 2. The Balaban J connectivity index is 1.99. The van der Waals surface area contributed by atoms with Crippen molar-refractivity contribution in [3.8, 4) is 0 Å². The second kappa shape index (κ2) is 8.71. The lowest BCUT2D eigenvalue weighted by atomic mass is 10.0. The van der Waals surface area contributed by atoms with Crippen molar-refractivity contribution in [3.63, 3.8) is 0 Å². The van der Waals surface area contributed by atoms with E-state index in [9.17, 15) is 4.79 Å². The zero-order valence-electron chi connectivity index (χ0n) is 16.5. The van der Waals surface area contributed by atoms with Crippen LogP contribution < -0.4 is 11.1 Å². The van der Waals surface area contributed by atoms with Crippen molar-refractivity contribution in [2.24, 2.45) is 0 Å². The van der Waals surface area contributed by atoms with Gasteiger partial charge in [0, 0.05) is 25.5 Å². The number of ether oxygens (including phenoxy) is 1. The quantitative estimate of drug-likeness (QED) is 0.619. The highest BCUT2D eigenvalue weighted by molar-refractivity contribution is 5.98. The van der Waals surface area contributed by atoms with Gasteiger partial charge >= 0.3 is 0 Å². The molecule has 0 aliphatic rings. The number of benzene rings is 1. The van der Waals surface area contributed by atoms with E-state index in [0.717, 1.165) is 22.5 Å². The molecule has 3 rings (SSSR count). The van der Waals surface area contributed by atoms with E-state index in [2.05, 4.69) is 10.3 Å². The van der Waals surface area contributed by atoms with Gasteiger partial charge in [0.15, 0.2) is 5.65 Å². The van der Waals surface area contributed by atoms with Crippen molar-refractivity contribution >= 4 is 23.3 Å². The Morgan fingerprint density at radius 2 is 2.04 bits per heavy atom. The molecule has 0 bridgehead atoms. The van der Waals surface area contributed by atoms with Crippen molar-refractivity contribution in [3.05, 3.63) is 70.7 Å². The number of fused-ring (bicyclic) bond motifs is 1. The van der Waals surface area contributed by atoms with Crippen LogP contribution in [0.3, 0.4) is 0 Å².